The van der Waals surface area contributed by atoms with Crippen molar-refractivity contribution in [1.82, 2.24) is 5.32 Å². The van der Waals surface area contributed by atoms with E-state index in [1.54, 1.807) is 0 Å². The Labute approximate surface area is 50.8 Å². The van der Waals surface area contributed by atoms with E-state index >= 15 is 0 Å². The van der Waals surface area contributed by atoms with E-state index in [4.69, 9.17) is 5.73 Å². The van der Waals surface area contributed by atoms with Crippen LogP contribution in [0.1, 0.15) is 13.3 Å². The van der Waals surface area contributed by atoms with Crippen LogP contribution in [0, 0.1) is 0 Å². The van der Waals surface area contributed by atoms with Crippen LogP contribution in [0.25, 0.3) is 0 Å². The SMILES string of the molecule is C=C(C[C@H](C)N)NC. The molecule has 0 aliphatic heterocycles. The quantitative estimate of drug-likeness (QED) is 0.559. The van der Waals surface area contributed by atoms with Gasteiger partial charge in [-0.25, -0.2) is 0 Å². The lowest BCUT2D eigenvalue weighted by atomic mass is 10.2. The average Bonchev–Trinajstić information content (AvgIpc) is 1.65. The largest absolute Gasteiger partial charge is 0.392 e. The molecule has 8 heavy (non-hydrogen) atoms. The van der Waals surface area contributed by atoms with Crippen LogP contribution in [0.4, 0.5) is 0 Å². The van der Waals surface area contributed by atoms with Crippen LogP contribution in [0.3, 0.4) is 0 Å². The first-order valence-electron chi connectivity index (χ1n) is 2.78. The molecule has 0 fully saturated rings. The van der Waals surface area contributed by atoms with Crippen molar-refractivity contribution in [2.45, 2.75) is 19.4 Å². The molecule has 0 bridgehead atoms. The molecule has 0 saturated heterocycles. The normalized spacial score (nSPS) is 12.9. The molecule has 1 atom stereocenters. The maximum absolute atomic E-state index is 5.47. The van der Waals surface area contributed by atoms with E-state index in [0.717, 1.165) is 12.1 Å². The van der Waals surface area contributed by atoms with Crippen LogP contribution in [-0.2, 0) is 0 Å². The van der Waals surface area contributed by atoms with Gasteiger partial charge in [0.2, 0.25) is 0 Å². The van der Waals surface area contributed by atoms with Gasteiger partial charge in [0.1, 0.15) is 0 Å². The molecule has 0 unspecified atom stereocenters. The topological polar surface area (TPSA) is 38.0 Å². The molecular weight excluding hydrogens is 100 g/mol. The maximum Gasteiger partial charge on any atom is 0.00648 e. The fourth-order valence-electron chi connectivity index (χ4n) is 0.491. The Morgan fingerprint density at radius 1 is 1.88 bits per heavy atom. The minimum absolute atomic E-state index is 0.218. The van der Waals surface area contributed by atoms with E-state index in [1.807, 2.05) is 14.0 Å². The smallest absolute Gasteiger partial charge is 0.00648 e. The molecule has 2 nitrogen and oxygen atoms in total. The van der Waals surface area contributed by atoms with E-state index in [0.29, 0.717) is 0 Å². The van der Waals surface area contributed by atoms with Gasteiger partial charge in [-0.15, -0.1) is 0 Å². The molecule has 0 rings (SSSR count). The number of hydrogen-bond acceptors (Lipinski definition) is 2. The highest BCUT2D eigenvalue weighted by Crippen LogP contribution is 1.93. The van der Waals surface area contributed by atoms with Crippen molar-refractivity contribution >= 4 is 0 Å². The molecule has 2 heteroatoms. The van der Waals surface area contributed by atoms with Crippen LogP contribution in [0.5, 0.6) is 0 Å². The van der Waals surface area contributed by atoms with Crippen molar-refractivity contribution in [2.24, 2.45) is 5.73 Å². The summed E-state index contributed by atoms with van der Waals surface area (Å²) in [4.78, 5) is 0. The van der Waals surface area contributed by atoms with Gasteiger partial charge in [-0.1, -0.05) is 6.58 Å². The second kappa shape index (κ2) is 3.50. The molecule has 0 aliphatic rings. The molecule has 0 spiro atoms. The summed E-state index contributed by atoms with van der Waals surface area (Å²) < 4.78 is 0. The molecular formula is C6H14N2. The van der Waals surface area contributed by atoms with Crippen LogP contribution in [0.15, 0.2) is 12.3 Å². The fourth-order valence-corrected chi connectivity index (χ4v) is 0.491. The zero-order valence-electron chi connectivity index (χ0n) is 5.57. The third-order valence-corrected chi connectivity index (χ3v) is 0.922. The van der Waals surface area contributed by atoms with Gasteiger partial charge in [0.25, 0.3) is 0 Å². The Kier molecular flexibility index (Phi) is 3.28. The highest BCUT2D eigenvalue weighted by Gasteiger charge is 1.93. The molecule has 0 aromatic carbocycles. The third kappa shape index (κ3) is 3.68. The Bertz CT molecular complexity index is 76.6. The number of nitrogens with one attached hydrogen (secondary N) is 1. The molecule has 0 aromatic heterocycles. The first-order chi connectivity index (χ1) is 3.66. The van der Waals surface area contributed by atoms with Gasteiger partial charge in [0.05, 0.1) is 0 Å². The Hall–Kier alpha value is -0.500. The number of nitrogens with two attached hydrogens (primary N) is 1. The fraction of sp³-hybridized carbons (Fsp3) is 0.667. The van der Waals surface area contributed by atoms with Gasteiger partial charge in [0, 0.05) is 25.2 Å². The van der Waals surface area contributed by atoms with Crippen molar-refractivity contribution in [1.29, 1.82) is 0 Å². The Morgan fingerprint density at radius 2 is 2.38 bits per heavy atom. The molecule has 0 heterocycles. The van der Waals surface area contributed by atoms with Crippen molar-refractivity contribution < 1.29 is 0 Å². The molecule has 0 aliphatic carbocycles. The minimum atomic E-state index is 0.218. The van der Waals surface area contributed by atoms with Crippen LogP contribution in [0.2, 0.25) is 0 Å². The number of rotatable bonds is 3. The minimum Gasteiger partial charge on any atom is -0.392 e. The van der Waals surface area contributed by atoms with E-state index in [1.165, 1.54) is 0 Å². The van der Waals surface area contributed by atoms with Gasteiger partial charge < -0.3 is 11.1 Å². The van der Waals surface area contributed by atoms with E-state index in [2.05, 4.69) is 11.9 Å². The molecule has 3 N–H and O–H groups in total. The van der Waals surface area contributed by atoms with E-state index in [9.17, 15) is 0 Å². The average molecular weight is 114 g/mol. The summed E-state index contributed by atoms with van der Waals surface area (Å²) in [7, 11) is 1.85. The Balaban J connectivity index is 3.25. The zero-order valence-corrected chi connectivity index (χ0v) is 5.57. The zero-order chi connectivity index (χ0) is 6.57. The summed E-state index contributed by atoms with van der Waals surface area (Å²) in [6.07, 6.45) is 0.858. The van der Waals surface area contributed by atoms with Gasteiger partial charge >= 0.3 is 0 Å². The van der Waals surface area contributed by atoms with Gasteiger partial charge in [-0.05, 0) is 6.92 Å². The highest BCUT2D eigenvalue weighted by molar-refractivity contribution is 4.91. The van der Waals surface area contributed by atoms with Gasteiger partial charge in [-0.3, -0.25) is 0 Å². The van der Waals surface area contributed by atoms with Crippen molar-refractivity contribution in [3.8, 4) is 0 Å². The molecule has 0 saturated carbocycles. The lowest BCUT2D eigenvalue weighted by molar-refractivity contribution is 0.699. The lowest BCUT2D eigenvalue weighted by Crippen LogP contribution is -2.19. The molecule has 0 aromatic rings. The predicted octanol–water partition coefficient (Wildman–Crippen LogP) is 0.457. The summed E-state index contributed by atoms with van der Waals surface area (Å²) in [5.74, 6) is 0. The maximum atomic E-state index is 5.47. The van der Waals surface area contributed by atoms with Crippen LogP contribution < -0.4 is 11.1 Å². The highest BCUT2D eigenvalue weighted by atomic mass is 14.8. The van der Waals surface area contributed by atoms with E-state index < -0.39 is 0 Å². The van der Waals surface area contributed by atoms with Gasteiger partial charge in [-0.2, -0.15) is 0 Å². The van der Waals surface area contributed by atoms with Crippen molar-refractivity contribution in [3.05, 3.63) is 12.3 Å². The standard InChI is InChI=1S/C6H14N2/c1-5(7)4-6(2)8-3/h5,8H,2,4,7H2,1,3H3/t5-/m0/s1. The lowest BCUT2D eigenvalue weighted by Gasteiger charge is -2.05. The second-order valence-electron chi connectivity index (χ2n) is 2.03. The van der Waals surface area contributed by atoms with Crippen molar-refractivity contribution in [2.75, 3.05) is 7.05 Å². The molecule has 0 radical (unpaired) electrons. The summed E-state index contributed by atoms with van der Waals surface area (Å²) >= 11 is 0. The summed E-state index contributed by atoms with van der Waals surface area (Å²) in [5.41, 5.74) is 6.47. The predicted molar refractivity (Wildman–Crippen MR) is 36.5 cm³/mol. The molecule has 48 valence electrons. The molecule has 0 amide bonds. The second-order valence-corrected chi connectivity index (χ2v) is 2.03. The Morgan fingerprint density at radius 3 is 2.50 bits per heavy atom. The number of hydrogen-bond donors (Lipinski definition) is 2. The van der Waals surface area contributed by atoms with Crippen LogP contribution >= 0.6 is 0 Å². The first kappa shape index (κ1) is 7.50. The summed E-state index contributed by atoms with van der Waals surface area (Å²) in [6.45, 7) is 5.68. The summed E-state index contributed by atoms with van der Waals surface area (Å²) in [5, 5.41) is 2.92. The van der Waals surface area contributed by atoms with Gasteiger partial charge in [0.15, 0.2) is 0 Å². The third-order valence-electron chi connectivity index (χ3n) is 0.922. The monoisotopic (exact) mass is 114 g/mol. The van der Waals surface area contributed by atoms with Crippen LogP contribution in [-0.4, -0.2) is 13.1 Å². The van der Waals surface area contributed by atoms with E-state index in [-0.39, 0.29) is 6.04 Å². The first-order valence-corrected chi connectivity index (χ1v) is 2.78. The van der Waals surface area contributed by atoms with Crippen molar-refractivity contribution in [3.63, 3.8) is 0 Å². The summed E-state index contributed by atoms with van der Waals surface area (Å²) in [6, 6.07) is 0.218.